The van der Waals surface area contributed by atoms with Crippen LogP contribution in [-0.2, 0) is 0 Å². The molecule has 1 heterocycles. The van der Waals surface area contributed by atoms with Crippen molar-refractivity contribution in [3.8, 4) is 0 Å². The topological polar surface area (TPSA) is 66.6 Å². The Labute approximate surface area is 126 Å². The highest BCUT2D eigenvalue weighted by atomic mass is 35.5. The van der Waals surface area contributed by atoms with Crippen LogP contribution < -0.4 is 10.6 Å². The number of anilines is 2. The molecule has 1 aromatic carbocycles. The van der Waals surface area contributed by atoms with Crippen molar-refractivity contribution in [1.29, 1.82) is 0 Å². The zero-order valence-electron chi connectivity index (χ0n) is 11.1. The van der Waals surface area contributed by atoms with E-state index in [1.54, 1.807) is 17.4 Å². The van der Waals surface area contributed by atoms with Crippen LogP contribution in [0.3, 0.4) is 0 Å². The lowest BCUT2D eigenvalue weighted by molar-refractivity contribution is 0.0697. The number of hydrogen-bond acceptors (Lipinski definition) is 4. The molecule has 2 aromatic rings. The Balaban J connectivity index is 2.48. The molecule has 2 rings (SSSR count). The SMILES string of the molecule is CC(c1cccs1)N(C)c1c(Cl)cc(N)cc1C(=O)O. The van der Waals surface area contributed by atoms with E-state index < -0.39 is 5.97 Å². The van der Waals surface area contributed by atoms with E-state index in [4.69, 9.17) is 17.3 Å². The number of hydrogen-bond donors (Lipinski definition) is 2. The predicted octanol–water partition coefficient (Wildman–Crippen LogP) is 3.88. The highest BCUT2D eigenvalue weighted by Crippen LogP contribution is 2.37. The van der Waals surface area contributed by atoms with E-state index in [2.05, 4.69) is 0 Å². The van der Waals surface area contributed by atoms with E-state index in [1.807, 2.05) is 36.4 Å². The van der Waals surface area contributed by atoms with Crippen LogP contribution in [0.2, 0.25) is 5.02 Å². The number of thiophene rings is 1. The third-order valence-electron chi connectivity index (χ3n) is 3.20. The van der Waals surface area contributed by atoms with E-state index in [0.717, 1.165) is 4.88 Å². The highest BCUT2D eigenvalue weighted by Gasteiger charge is 2.22. The van der Waals surface area contributed by atoms with Gasteiger partial charge in [-0.1, -0.05) is 17.7 Å². The standard InChI is InChI=1S/C14H15ClN2O2S/c1-8(12-4-3-5-20-12)17(2)13-10(14(18)19)6-9(16)7-11(13)15/h3-8H,16H2,1-2H3,(H,18,19). The Kier molecular flexibility index (Phi) is 4.20. The fraction of sp³-hybridized carbons (Fsp3) is 0.214. The molecule has 0 saturated heterocycles. The first kappa shape index (κ1) is 14.7. The minimum Gasteiger partial charge on any atom is -0.478 e. The summed E-state index contributed by atoms with van der Waals surface area (Å²) in [4.78, 5) is 14.4. The Morgan fingerprint density at radius 1 is 1.50 bits per heavy atom. The van der Waals surface area contributed by atoms with Gasteiger partial charge in [0, 0.05) is 17.6 Å². The van der Waals surface area contributed by atoms with Crippen LogP contribution in [-0.4, -0.2) is 18.1 Å². The molecule has 0 aliphatic heterocycles. The maximum absolute atomic E-state index is 11.4. The van der Waals surface area contributed by atoms with Crippen LogP contribution in [0.15, 0.2) is 29.6 Å². The lowest BCUT2D eigenvalue weighted by Crippen LogP contribution is -2.23. The number of aromatic carboxylic acids is 1. The van der Waals surface area contributed by atoms with Crippen molar-refractivity contribution in [2.75, 3.05) is 17.7 Å². The van der Waals surface area contributed by atoms with Gasteiger partial charge in [-0.3, -0.25) is 0 Å². The van der Waals surface area contributed by atoms with Crippen LogP contribution in [0.4, 0.5) is 11.4 Å². The van der Waals surface area contributed by atoms with E-state index in [1.165, 1.54) is 6.07 Å². The maximum Gasteiger partial charge on any atom is 0.337 e. The summed E-state index contributed by atoms with van der Waals surface area (Å²) in [6.07, 6.45) is 0. The molecular formula is C14H15ClN2O2S. The summed E-state index contributed by atoms with van der Waals surface area (Å²) < 4.78 is 0. The monoisotopic (exact) mass is 310 g/mol. The summed E-state index contributed by atoms with van der Waals surface area (Å²) in [5.74, 6) is -1.04. The molecule has 1 aromatic heterocycles. The predicted molar refractivity (Wildman–Crippen MR) is 84.0 cm³/mol. The van der Waals surface area contributed by atoms with E-state index in [9.17, 15) is 9.90 Å². The van der Waals surface area contributed by atoms with Gasteiger partial charge in [-0.15, -0.1) is 11.3 Å². The third kappa shape index (κ3) is 2.73. The minimum atomic E-state index is -1.04. The third-order valence-corrected chi connectivity index (χ3v) is 4.54. The number of nitrogen functional groups attached to an aromatic ring is 1. The Morgan fingerprint density at radius 2 is 2.20 bits per heavy atom. The number of rotatable bonds is 4. The molecule has 6 heteroatoms. The van der Waals surface area contributed by atoms with Gasteiger partial charge in [0.1, 0.15) is 0 Å². The molecule has 0 bridgehead atoms. The number of nitrogens with zero attached hydrogens (tertiary/aromatic N) is 1. The second-order valence-electron chi connectivity index (χ2n) is 4.51. The maximum atomic E-state index is 11.4. The van der Waals surface area contributed by atoms with E-state index >= 15 is 0 Å². The lowest BCUT2D eigenvalue weighted by atomic mass is 10.1. The van der Waals surface area contributed by atoms with Gasteiger partial charge in [0.25, 0.3) is 0 Å². The molecule has 1 atom stereocenters. The van der Waals surface area contributed by atoms with Crippen LogP contribution in [0.5, 0.6) is 0 Å². The Bertz CT molecular complexity index is 628. The van der Waals surface area contributed by atoms with Crippen LogP contribution >= 0.6 is 22.9 Å². The van der Waals surface area contributed by atoms with Crippen molar-refractivity contribution in [3.05, 3.63) is 45.1 Å². The van der Waals surface area contributed by atoms with Gasteiger partial charge in [0.15, 0.2) is 0 Å². The van der Waals surface area contributed by atoms with E-state index in [-0.39, 0.29) is 11.6 Å². The lowest BCUT2D eigenvalue weighted by Gasteiger charge is -2.28. The fourth-order valence-electron chi connectivity index (χ4n) is 2.06. The summed E-state index contributed by atoms with van der Waals surface area (Å²) in [5.41, 5.74) is 6.61. The van der Waals surface area contributed by atoms with Gasteiger partial charge in [-0.25, -0.2) is 4.79 Å². The molecule has 4 nitrogen and oxygen atoms in total. The molecule has 0 radical (unpaired) electrons. The van der Waals surface area contributed by atoms with Crippen molar-refractivity contribution >= 4 is 40.3 Å². The molecule has 3 N–H and O–H groups in total. The molecular weight excluding hydrogens is 296 g/mol. The molecule has 0 saturated carbocycles. The number of carboxylic acids is 1. The molecule has 0 aliphatic rings. The minimum absolute atomic E-state index is 0.0224. The smallest absolute Gasteiger partial charge is 0.337 e. The van der Waals surface area contributed by atoms with Gasteiger partial charge in [-0.2, -0.15) is 0 Å². The van der Waals surface area contributed by atoms with Gasteiger partial charge < -0.3 is 15.7 Å². The molecule has 0 amide bonds. The number of halogens is 1. The zero-order chi connectivity index (χ0) is 14.9. The van der Waals surface area contributed by atoms with Crippen molar-refractivity contribution in [3.63, 3.8) is 0 Å². The summed E-state index contributed by atoms with van der Waals surface area (Å²) in [6, 6.07) is 7.00. The van der Waals surface area contributed by atoms with Crippen molar-refractivity contribution < 1.29 is 9.90 Å². The average molecular weight is 311 g/mol. The van der Waals surface area contributed by atoms with Crippen molar-refractivity contribution in [2.45, 2.75) is 13.0 Å². The normalized spacial score (nSPS) is 12.2. The van der Waals surface area contributed by atoms with Crippen LogP contribution in [0, 0.1) is 0 Å². The average Bonchev–Trinajstić information content (AvgIpc) is 2.89. The number of carbonyl (C=O) groups is 1. The summed E-state index contributed by atoms with van der Waals surface area (Å²) >= 11 is 7.82. The van der Waals surface area contributed by atoms with Gasteiger partial charge in [0.2, 0.25) is 0 Å². The summed E-state index contributed by atoms with van der Waals surface area (Å²) in [6.45, 7) is 2.00. The first-order valence-corrected chi connectivity index (χ1v) is 7.26. The molecule has 0 aliphatic carbocycles. The summed E-state index contributed by atoms with van der Waals surface area (Å²) in [7, 11) is 1.83. The second kappa shape index (κ2) is 5.73. The highest BCUT2D eigenvalue weighted by molar-refractivity contribution is 7.10. The Hall–Kier alpha value is -1.72. The first-order valence-electron chi connectivity index (χ1n) is 6.00. The quantitative estimate of drug-likeness (QED) is 0.841. The summed E-state index contributed by atoms with van der Waals surface area (Å²) in [5, 5.41) is 11.7. The molecule has 106 valence electrons. The zero-order valence-corrected chi connectivity index (χ0v) is 12.7. The van der Waals surface area contributed by atoms with Crippen molar-refractivity contribution in [2.24, 2.45) is 0 Å². The molecule has 20 heavy (non-hydrogen) atoms. The second-order valence-corrected chi connectivity index (χ2v) is 5.89. The van der Waals surface area contributed by atoms with Crippen LogP contribution in [0.1, 0.15) is 28.2 Å². The van der Waals surface area contributed by atoms with Gasteiger partial charge in [-0.05, 0) is 30.5 Å². The number of benzene rings is 1. The van der Waals surface area contributed by atoms with Crippen molar-refractivity contribution in [1.82, 2.24) is 0 Å². The molecule has 0 fully saturated rings. The molecule has 0 spiro atoms. The fourth-order valence-corrected chi connectivity index (χ4v) is 3.24. The van der Waals surface area contributed by atoms with Crippen LogP contribution in [0.25, 0.3) is 0 Å². The largest absolute Gasteiger partial charge is 0.478 e. The first-order chi connectivity index (χ1) is 9.41. The van der Waals surface area contributed by atoms with Gasteiger partial charge >= 0.3 is 5.97 Å². The van der Waals surface area contributed by atoms with E-state index in [0.29, 0.717) is 16.4 Å². The number of nitrogens with two attached hydrogens (primary N) is 1. The molecule has 1 unspecified atom stereocenters. The number of carboxylic acid groups (broad SMARTS) is 1. The van der Waals surface area contributed by atoms with Gasteiger partial charge in [0.05, 0.1) is 22.3 Å². The Morgan fingerprint density at radius 3 is 2.75 bits per heavy atom.